The van der Waals surface area contributed by atoms with Crippen molar-refractivity contribution >= 4 is 21.5 Å². The van der Waals surface area contributed by atoms with Crippen LogP contribution in [-0.2, 0) is 19.5 Å². The lowest BCUT2D eigenvalue weighted by molar-refractivity contribution is 0.0600. The van der Waals surface area contributed by atoms with E-state index in [0.717, 1.165) is 12.8 Å². The number of fused-ring (bicyclic) bond motifs is 1. The third kappa shape index (κ3) is 3.21. The van der Waals surface area contributed by atoms with E-state index in [9.17, 15) is 13.2 Å². The fourth-order valence-corrected chi connectivity index (χ4v) is 3.90. The molecule has 0 radical (unpaired) electrons. The molecule has 1 aliphatic rings. The first-order valence-corrected chi connectivity index (χ1v) is 8.64. The second-order valence-electron chi connectivity index (χ2n) is 5.29. The minimum absolute atomic E-state index is 0.0699. The number of nitrogens with one attached hydrogen (secondary N) is 1. The summed E-state index contributed by atoms with van der Waals surface area (Å²) in [5.41, 5.74) is 0.705. The third-order valence-corrected chi connectivity index (χ3v) is 5.12. The molecule has 23 heavy (non-hydrogen) atoms. The average molecular weight is 339 g/mol. The number of esters is 1. The van der Waals surface area contributed by atoms with Gasteiger partial charge in [0.2, 0.25) is 0 Å². The van der Waals surface area contributed by atoms with Crippen molar-refractivity contribution in [1.82, 2.24) is 14.1 Å². The fourth-order valence-electron chi connectivity index (χ4n) is 2.53. The van der Waals surface area contributed by atoms with Crippen LogP contribution in [0.1, 0.15) is 23.2 Å². The molecule has 8 nitrogen and oxygen atoms in total. The lowest BCUT2D eigenvalue weighted by atomic mass is 10.1. The number of nitrogens with zero attached hydrogens (tertiary/aromatic N) is 2. The molecule has 0 saturated carbocycles. The molecule has 1 aliphatic heterocycles. The highest BCUT2D eigenvalue weighted by Gasteiger charge is 2.26. The highest BCUT2D eigenvalue weighted by atomic mass is 32.2. The number of aromatic nitrogens is 2. The van der Waals surface area contributed by atoms with Crippen LogP contribution in [0.3, 0.4) is 0 Å². The topological polar surface area (TPSA) is 99.0 Å². The Morgan fingerprint density at radius 3 is 3.00 bits per heavy atom. The van der Waals surface area contributed by atoms with Crippen LogP contribution in [0.25, 0.3) is 5.52 Å². The van der Waals surface area contributed by atoms with Crippen molar-refractivity contribution in [2.75, 3.05) is 20.3 Å². The SMILES string of the molecule is COC(=O)c1ccc2c(S(=O)(=O)N[C@@H]3CCCOC3)ncn2c1. The van der Waals surface area contributed by atoms with Crippen LogP contribution >= 0.6 is 0 Å². The van der Waals surface area contributed by atoms with Gasteiger partial charge in [-0.25, -0.2) is 22.9 Å². The van der Waals surface area contributed by atoms with Gasteiger partial charge in [-0.15, -0.1) is 0 Å². The van der Waals surface area contributed by atoms with Crippen molar-refractivity contribution < 1.29 is 22.7 Å². The largest absolute Gasteiger partial charge is 0.465 e. The lowest BCUT2D eigenvalue weighted by Crippen LogP contribution is -2.40. The van der Waals surface area contributed by atoms with Crippen molar-refractivity contribution in [2.45, 2.75) is 23.9 Å². The summed E-state index contributed by atoms with van der Waals surface area (Å²) < 4.78 is 39.1. The minimum Gasteiger partial charge on any atom is -0.465 e. The van der Waals surface area contributed by atoms with Gasteiger partial charge in [0.1, 0.15) is 6.33 Å². The molecule has 0 aliphatic carbocycles. The molecular weight excluding hydrogens is 322 g/mol. The highest BCUT2D eigenvalue weighted by Crippen LogP contribution is 2.18. The van der Waals surface area contributed by atoms with E-state index >= 15 is 0 Å². The van der Waals surface area contributed by atoms with Crippen molar-refractivity contribution in [3.05, 3.63) is 30.2 Å². The normalized spacial score (nSPS) is 18.9. The van der Waals surface area contributed by atoms with Crippen LogP contribution < -0.4 is 4.72 Å². The summed E-state index contributed by atoms with van der Waals surface area (Å²) in [5.74, 6) is -0.498. The molecule has 0 bridgehead atoms. The number of pyridine rings is 1. The quantitative estimate of drug-likeness (QED) is 0.818. The van der Waals surface area contributed by atoms with E-state index in [-0.39, 0.29) is 11.1 Å². The second kappa shape index (κ2) is 6.26. The first kappa shape index (κ1) is 15.9. The maximum Gasteiger partial charge on any atom is 0.339 e. The molecule has 1 fully saturated rings. The molecule has 9 heteroatoms. The molecule has 3 rings (SSSR count). The van der Waals surface area contributed by atoms with E-state index < -0.39 is 16.0 Å². The number of methoxy groups -OCH3 is 1. The van der Waals surface area contributed by atoms with Crippen LogP contribution in [0.5, 0.6) is 0 Å². The number of ether oxygens (including phenoxy) is 2. The van der Waals surface area contributed by atoms with Crippen LogP contribution in [0.2, 0.25) is 0 Å². The highest BCUT2D eigenvalue weighted by molar-refractivity contribution is 7.89. The van der Waals surface area contributed by atoms with Gasteiger partial charge in [-0.3, -0.25) is 0 Å². The predicted molar refractivity (Wildman–Crippen MR) is 80.7 cm³/mol. The van der Waals surface area contributed by atoms with Gasteiger partial charge in [-0.05, 0) is 25.0 Å². The van der Waals surface area contributed by atoms with E-state index in [1.54, 1.807) is 0 Å². The Labute approximate surface area is 133 Å². The monoisotopic (exact) mass is 339 g/mol. The van der Waals surface area contributed by atoms with Crippen molar-refractivity contribution in [2.24, 2.45) is 0 Å². The molecule has 124 valence electrons. The lowest BCUT2D eigenvalue weighted by Gasteiger charge is -2.22. The van der Waals surface area contributed by atoms with Crippen molar-refractivity contribution in [3.63, 3.8) is 0 Å². The van der Waals surface area contributed by atoms with Gasteiger partial charge in [0.05, 0.1) is 24.8 Å². The van der Waals surface area contributed by atoms with Crippen LogP contribution in [-0.4, -0.2) is 50.1 Å². The standard InChI is InChI=1S/C14H17N3O5S/c1-21-14(18)10-4-5-12-13(15-9-17(12)7-10)23(19,20)16-11-3-2-6-22-8-11/h4-5,7,9,11,16H,2-3,6,8H2,1H3/t11-/m1/s1. The Balaban J connectivity index is 1.91. The summed E-state index contributed by atoms with van der Waals surface area (Å²) in [6.45, 7) is 1.01. The average Bonchev–Trinajstić information content (AvgIpc) is 2.98. The second-order valence-corrected chi connectivity index (χ2v) is 6.92. The summed E-state index contributed by atoms with van der Waals surface area (Å²) in [6.07, 6.45) is 4.39. The van der Waals surface area contributed by atoms with Crippen LogP contribution in [0.4, 0.5) is 0 Å². The van der Waals surface area contributed by atoms with Gasteiger partial charge >= 0.3 is 5.97 Å². The Morgan fingerprint density at radius 2 is 2.30 bits per heavy atom. The molecule has 2 aromatic heterocycles. The third-order valence-electron chi connectivity index (χ3n) is 3.65. The number of sulfonamides is 1. The molecule has 0 amide bonds. The number of hydrogen-bond donors (Lipinski definition) is 1. The van der Waals surface area contributed by atoms with E-state index in [4.69, 9.17) is 4.74 Å². The number of hydrogen-bond acceptors (Lipinski definition) is 6. The Bertz CT molecular complexity index is 824. The number of rotatable bonds is 4. The zero-order chi connectivity index (χ0) is 16.4. The predicted octanol–water partition coefficient (Wildman–Crippen LogP) is 0.578. The minimum atomic E-state index is -3.76. The van der Waals surface area contributed by atoms with Gasteiger partial charge in [0, 0.05) is 18.8 Å². The maximum absolute atomic E-state index is 12.5. The van der Waals surface area contributed by atoms with Crippen LogP contribution in [0, 0.1) is 0 Å². The van der Waals surface area contributed by atoms with Crippen molar-refractivity contribution in [1.29, 1.82) is 0 Å². The Hall–Kier alpha value is -1.97. The number of imidazole rings is 1. The maximum atomic E-state index is 12.5. The molecule has 0 spiro atoms. The zero-order valence-electron chi connectivity index (χ0n) is 12.6. The molecule has 2 aromatic rings. The van der Waals surface area contributed by atoms with E-state index in [1.807, 2.05) is 0 Å². The van der Waals surface area contributed by atoms with Gasteiger partial charge in [-0.2, -0.15) is 0 Å². The molecule has 3 heterocycles. The van der Waals surface area contributed by atoms with Gasteiger partial charge in [0.15, 0.2) is 5.03 Å². The molecule has 0 aromatic carbocycles. The van der Waals surface area contributed by atoms with E-state index in [0.29, 0.717) is 24.3 Å². The molecule has 1 atom stereocenters. The Morgan fingerprint density at radius 1 is 1.48 bits per heavy atom. The summed E-state index contributed by atoms with van der Waals surface area (Å²) in [4.78, 5) is 15.5. The zero-order valence-corrected chi connectivity index (χ0v) is 13.4. The number of carbonyl (C=O) groups is 1. The number of carbonyl (C=O) groups excluding carboxylic acids is 1. The summed E-state index contributed by atoms with van der Waals surface area (Å²) in [6, 6.07) is 2.79. The van der Waals surface area contributed by atoms with Crippen molar-refractivity contribution in [3.8, 4) is 0 Å². The van der Waals surface area contributed by atoms with E-state index in [2.05, 4.69) is 14.4 Å². The summed E-state index contributed by atoms with van der Waals surface area (Å²) in [5, 5.41) is -0.0699. The molecule has 1 N–H and O–H groups in total. The fraction of sp³-hybridized carbons (Fsp3) is 0.429. The molecule has 1 saturated heterocycles. The first-order chi connectivity index (χ1) is 11.0. The van der Waals surface area contributed by atoms with E-state index in [1.165, 1.54) is 36.2 Å². The molecule has 0 unspecified atom stereocenters. The smallest absolute Gasteiger partial charge is 0.339 e. The summed E-state index contributed by atoms with van der Waals surface area (Å²) >= 11 is 0. The molecular formula is C14H17N3O5S. The summed E-state index contributed by atoms with van der Waals surface area (Å²) in [7, 11) is -2.48. The first-order valence-electron chi connectivity index (χ1n) is 7.16. The van der Waals surface area contributed by atoms with Crippen LogP contribution in [0.15, 0.2) is 29.7 Å². The Kier molecular flexibility index (Phi) is 4.33. The van der Waals surface area contributed by atoms with Gasteiger partial charge in [-0.1, -0.05) is 0 Å². The van der Waals surface area contributed by atoms with Gasteiger partial charge in [0.25, 0.3) is 10.0 Å². The van der Waals surface area contributed by atoms with Gasteiger partial charge < -0.3 is 13.9 Å².